The molecule has 0 spiro atoms. The minimum atomic E-state index is -0.484. The molecule has 0 saturated heterocycles. The maximum absolute atomic E-state index is 12.5. The number of rotatable bonds is 6. The summed E-state index contributed by atoms with van der Waals surface area (Å²) < 4.78 is 16.9. The molecule has 0 N–H and O–H groups in total. The highest BCUT2D eigenvalue weighted by atomic mass is 16.6. The Morgan fingerprint density at radius 1 is 0.882 bits per heavy atom. The quantitative estimate of drug-likeness (QED) is 0.264. The lowest BCUT2D eigenvalue weighted by Crippen LogP contribution is -2.05. The molecule has 5 nitrogen and oxygen atoms in total. The summed E-state index contributed by atoms with van der Waals surface area (Å²) in [5.41, 5.74) is 4.03. The summed E-state index contributed by atoms with van der Waals surface area (Å²) in [6, 6.07) is 27.6. The van der Waals surface area contributed by atoms with Crippen LogP contribution < -0.4 is 9.47 Å². The Hall–Kier alpha value is -4.38. The highest BCUT2D eigenvalue weighted by Gasteiger charge is 2.24. The summed E-state index contributed by atoms with van der Waals surface area (Å²) in [4.78, 5) is 16.9. The van der Waals surface area contributed by atoms with Crippen LogP contribution in [0.25, 0.3) is 16.8 Å². The molecule has 168 valence electrons. The molecule has 0 atom stereocenters. The molecule has 0 radical (unpaired) electrons. The van der Waals surface area contributed by atoms with Crippen molar-refractivity contribution < 1.29 is 19.0 Å². The summed E-state index contributed by atoms with van der Waals surface area (Å²) in [5.74, 6) is 1.01. The number of cyclic esters (lactones) is 1. The highest BCUT2D eigenvalue weighted by molar-refractivity contribution is 6.13. The SMILES string of the molecule is COc1cc(/C=C2\N=C(c3ccc4ccccc4c3)OC2=O)ccc1OCc1ccc(C)cc1. The molecule has 4 aromatic carbocycles. The summed E-state index contributed by atoms with van der Waals surface area (Å²) in [6.07, 6.45) is 1.68. The summed E-state index contributed by atoms with van der Waals surface area (Å²) >= 11 is 0. The maximum Gasteiger partial charge on any atom is 0.363 e. The molecule has 5 heteroatoms. The largest absolute Gasteiger partial charge is 0.493 e. The lowest BCUT2D eigenvalue weighted by Gasteiger charge is -2.11. The number of benzene rings is 4. The van der Waals surface area contributed by atoms with Crippen molar-refractivity contribution in [2.24, 2.45) is 4.99 Å². The average Bonchev–Trinajstić information content (AvgIpc) is 3.23. The monoisotopic (exact) mass is 449 g/mol. The molecule has 0 unspecified atom stereocenters. The molecule has 1 heterocycles. The molecule has 5 rings (SSSR count). The first kappa shape index (κ1) is 21.5. The standard InChI is InChI=1S/C29H23NO4/c1-19-7-9-20(10-8-19)18-33-26-14-11-21(16-27(26)32-2)15-25-29(31)34-28(30-25)24-13-12-22-5-3-4-6-23(22)17-24/h3-17H,18H2,1-2H3/b25-15-. The van der Waals surface area contributed by atoms with Crippen LogP contribution >= 0.6 is 0 Å². The Morgan fingerprint density at radius 2 is 1.68 bits per heavy atom. The molecule has 34 heavy (non-hydrogen) atoms. The molecule has 0 fully saturated rings. The van der Waals surface area contributed by atoms with Gasteiger partial charge in [0.15, 0.2) is 17.2 Å². The van der Waals surface area contributed by atoms with Crippen LogP contribution in [0, 0.1) is 6.92 Å². The normalized spacial score (nSPS) is 14.2. The second kappa shape index (κ2) is 9.24. The predicted molar refractivity (Wildman–Crippen MR) is 133 cm³/mol. The third kappa shape index (κ3) is 4.55. The van der Waals surface area contributed by atoms with Gasteiger partial charge in [0.25, 0.3) is 0 Å². The van der Waals surface area contributed by atoms with Crippen LogP contribution in [0.15, 0.2) is 95.6 Å². The van der Waals surface area contributed by atoms with Crippen molar-refractivity contribution in [3.05, 3.63) is 113 Å². The van der Waals surface area contributed by atoms with E-state index in [0.717, 1.165) is 27.5 Å². The van der Waals surface area contributed by atoms with E-state index in [1.165, 1.54) is 5.56 Å². The Labute approximate surface area is 197 Å². The Balaban J connectivity index is 1.36. The number of hydrogen-bond donors (Lipinski definition) is 0. The van der Waals surface area contributed by atoms with Crippen LogP contribution in [-0.2, 0) is 16.1 Å². The van der Waals surface area contributed by atoms with Crippen molar-refractivity contribution in [1.29, 1.82) is 0 Å². The van der Waals surface area contributed by atoms with Crippen molar-refractivity contribution in [3.8, 4) is 11.5 Å². The van der Waals surface area contributed by atoms with E-state index in [0.29, 0.717) is 24.0 Å². The molecule has 0 amide bonds. The van der Waals surface area contributed by atoms with Gasteiger partial charge in [0, 0.05) is 5.56 Å². The zero-order chi connectivity index (χ0) is 23.5. The second-order valence-corrected chi connectivity index (χ2v) is 8.08. The van der Waals surface area contributed by atoms with Crippen LogP contribution in [0.3, 0.4) is 0 Å². The number of esters is 1. The summed E-state index contributed by atoms with van der Waals surface area (Å²) in [7, 11) is 1.59. The topological polar surface area (TPSA) is 57.1 Å². The molecule has 0 saturated carbocycles. The molecule has 4 aromatic rings. The minimum Gasteiger partial charge on any atom is -0.493 e. The van der Waals surface area contributed by atoms with Crippen molar-refractivity contribution in [2.45, 2.75) is 13.5 Å². The lowest BCUT2D eigenvalue weighted by molar-refractivity contribution is -0.129. The molecule has 1 aliphatic heterocycles. The first-order valence-electron chi connectivity index (χ1n) is 11.0. The first-order valence-corrected chi connectivity index (χ1v) is 11.0. The van der Waals surface area contributed by atoms with Gasteiger partial charge in [-0.3, -0.25) is 0 Å². The average molecular weight is 450 g/mol. The van der Waals surface area contributed by atoms with Gasteiger partial charge >= 0.3 is 5.97 Å². The Bertz CT molecular complexity index is 1430. The van der Waals surface area contributed by atoms with Gasteiger partial charge in [0.05, 0.1) is 7.11 Å². The van der Waals surface area contributed by atoms with Gasteiger partial charge in [-0.15, -0.1) is 0 Å². The van der Waals surface area contributed by atoms with Crippen LogP contribution in [-0.4, -0.2) is 19.0 Å². The van der Waals surface area contributed by atoms with Crippen LogP contribution in [0.4, 0.5) is 0 Å². The zero-order valence-corrected chi connectivity index (χ0v) is 18.9. The van der Waals surface area contributed by atoms with Crippen LogP contribution in [0.2, 0.25) is 0 Å². The van der Waals surface area contributed by atoms with Crippen LogP contribution in [0.5, 0.6) is 11.5 Å². The van der Waals surface area contributed by atoms with Gasteiger partial charge in [-0.1, -0.05) is 66.2 Å². The number of carbonyl (C=O) groups is 1. The molecule has 0 bridgehead atoms. The number of carbonyl (C=O) groups excluding carboxylic acids is 1. The van der Waals surface area contributed by atoms with E-state index in [9.17, 15) is 4.79 Å². The number of methoxy groups -OCH3 is 1. The van der Waals surface area contributed by atoms with Crippen molar-refractivity contribution in [3.63, 3.8) is 0 Å². The van der Waals surface area contributed by atoms with Gasteiger partial charge in [0.1, 0.15) is 6.61 Å². The second-order valence-electron chi connectivity index (χ2n) is 8.08. The number of aryl methyl sites for hydroxylation is 1. The number of hydrogen-bond acceptors (Lipinski definition) is 5. The van der Waals surface area contributed by atoms with E-state index in [-0.39, 0.29) is 5.70 Å². The van der Waals surface area contributed by atoms with E-state index in [1.807, 2.05) is 72.8 Å². The number of aliphatic imine (C=N–C) groups is 1. The molecule has 0 aliphatic carbocycles. The van der Waals surface area contributed by atoms with Gasteiger partial charge in [-0.2, -0.15) is 0 Å². The highest BCUT2D eigenvalue weighted by Crippen LogP contribution is 2.30. The van der Waals surface area contributed by atoms with E-state index in [1.54, 1.807) is 13.2 Å². The fourth-order valence-electron chi connectivity index (χ4n) is 3.75. The predicted octanol–water partition coefficient (Wildman–Crippen LogP) is 6.08. The fourth-order valence-corrected chi connectivity index (χ4v) is 3.75. The number of nitrogens with zero attached hydrogens (tertiary/aromatic N) is 1. The fraction of sp³-hybridized carbons (Fsp3) is 0.103. The van der Waals surface area contributed by atoms with Gasteiger partial charge in [-0.05, 0) is 59.2 Å². The Morgan fingerprint density at radius 3 is 2.47 bits per heavy atom. The first-order chi connectivity index (χ1) is 16.6. The molecule has 1 aliphatic rings. The van der Waals surface area contributed by atoms with Crippen molar-refractivity contribution >= 4 is 28.7 Å². The molecular formula is C29H23NO4. The third-order valence-electron chi connectivity index (χ3n) is 5.62. The van der Waals surface area contributed by atoms with E-state index in [2.05, 4.69) is 24.0 Å². The lowest BCUT2D eigenvalue weighted by atomic mass is 10.1. The van der Waals surface area contributed by atoms with Crippen LogP contribution in [0.1, 0.15) is 22.3 Å². The maximum atomic E-state index is 12.5. The van der Waals surface area contributed by atoms with E-state index < -0.39 is 5.97 Å². The van der Waals surface area contributed by atoms with Crippen molar-refractivity contribution in [1.82, 2.24) is 0 Å². The number of ether oxygens (including phenoxy) is 3. The minimum absolute atomic E-state index is 0.235. The van der Waals surface area contributed by atoms with E-state index in [4.69, 9.17) is 14.2 Å². The van der Waals surface area contributed by atoms with E-state index >= 15 is 0 Å². The van der Waals surface area contributed by atoms with Gasteiger partial charge in [-0.25, -0.2) is 9.79 Å². The summed E-state index contributed by atoms with van der Waals surface area (Å²) in [6.45, 7) is 2.48. The summed E-state index contributed by atoms with van der Waals surface area (Å²) in [5, 5.41) is 2.17. The smallest absolute Gasteiger partial charge is 0.363 e. The third-order valence-corrected chi connectivity index (χ3v) is 5.62. The molecule has 0 aromatic heterocycles. The Kier molecular flexibility index (Phi) is 5.83. The van der Waals surface area contributed by atoms with Gasteiger partial charge in [0.2, 0.25) is 5.90 Å². The zero-order valence-electron chi connectivity index (χ0n) is 18.9. The van der Waals surface area contributed by atoms with Crippen molar-refractivity contribution in [2.75, 3.05) is 7.11 Å². The van der Waals surface area contributed by atoms with Gasteiger partial charge < -0.3 is 14.2 Å². The number of fused-ring (bicyclic) bond motifs is 1. The molecular weight excluding hydrogens is 426 g/mol.